The zero-order valence-corrected chi connectivity index (χ0v) is 12.6. The standard InChI is InChI=1S/C16H23F3N2/c1-12-3-4-13(2)15(7-12)9-20-8-14-5-6-21(10-14)11-16(17,18)19/h3-4,7,14,20H,5-6,8-11H2,1-2H3. The molecule has 0 amide bonds. The smallest absolute Gasteiger partial charge is 0.312 e. The van der Waals surface area contributed by atoms with Crippen LogP contribution in [0.4, 0.5) is 13.2 Å². The molecule has 2 nitrogen and oxygen atoms in total. The van der Waals surface area contributed by atoms with Crippen molar-refractivity contribution in [3.8, 4) is 0 Å². The quantitative estimate of drug-likeness (QED) is 0.898. The minimum atomic E-state index is -4.08. The molecule has 5 heteroatoms. The summed E-state index contributed by atoms with van der Waals surface area (Å²) in [5.41, 5.74) is 3.74. The van der Waals surface area contributed by atoms with Gasteiger partial charge in [0.1, 0.15) is 0 Å². The van der Waals surface area contributed by atoms with E-state index < -0.39 is 12.7 Å². The minimum absolute atomic E-state index is 0.317. The Morgan fingerprint density at radius 3 is 2.76 bits per heavy atom. The zero-order valence-electron chi connectivity index (χ0n) is 12.6. The number of hydrogen-bond acceptors (Lipinski definition) is 2. The molecule has 1 unspecified atom stereocenters. The number of halogens is 3. The highest BCUT2D eigenvalue weighted by Crippen LogP contribution is 2.22. The molecule has 0 aromatic heterocycles. The van der Waals surface area contributed by atoms with Crippen LogP contribution in [-0.4, -0.2) is 37.3 Å². The fourth-order valence-electron chi connectivity index (χ4n) is 2.88. The van der Waals surface area contributed by atoms with Crippen molar-refractivity contribution in [2.75, 3.05) is 26.2 Å². The molecule has 1 aliphatic heterocycles. The average Bonchev–Trinajstić information content (AvgIpc) is 2.79. The van der Waals surface area contributed by atoms with Crippen LogP contribution in [0.1, 0.15) is 23.1 Å². The molecule has 1 aromatic carbocycles. The largest absolute Gasteiger partial charge is 0.401 e. The van der Waals surface area contributed by atoms with Gasteiger partial charge in [-0.3, -0.25) is 4.90 Å². The molecule has 0 bridgehead atoms. The fourth-order valence-corrected chi connectivity index (χ4v) is 2.88. The summed E-state index contributed by atoms with van der Waals surface area (Å²) in [4.78, 5) is 1.50. The Bertz CT molecular complexity index is 471. The van der Waals surface area contributed by atoms with Crippen molar-refractivity contribution in [1.82, 2.24) is 10.2 Å². The molecule has 0 saturated carbocycles. The molecule has 2 rings (SSSR count). The van der Waals surface area contributed by atoms with Gasteiger partial charge in [-0.05, 0) is 50.4 Å². The van der Waals surface area contributed by atoms with Gasteiger partial charge < -0.3 is 5.32 Å². The SMILES string of the molecule is Cc1ccc(C)c(CNCC2CCN(CC(F)(F)F)C2)c1. The molecule has 1 N–H and O–H groups in total. The first-order valence-electron chi connectivity index (χ1n) is 7.39. The van der Waals surface area contributed by atoms with E-state index in [1.165, 1.54) is 21.6 Å². The van der Waals surface area contributed by atoms with E-state index in [1.807, 2.05) is 0 Å². The first-order chi connectivity index (χ1) is 9.83. The van der Waals surface area contributed by atoms with Crippen LogP contribution < -0.4 is 5.32 Å². The highest BCUT2D eigenvalue weighted by Gasteiger charge is 2.34. The van der Waals surface area contributed by atoms with Crippen LogP contribution in [0.2, 0.25) is 0 Å². The van der Waals surface area contributed by atoms with Crippen LogP contribution in [0.3, 0.4) is 0 Å². The number of benzene rings is 1. The van der Waals surface area contributed by atoms with E-state index in [0.717, 1.165) is 19.5 Å². The predicted molar refractivity (Wildman–Crippen MR) is 78.2 cm³/mol. The maximum atomic E-state index is 12.3. The highest BCUT2D eigenvalue weighted by molar-refractivity contribution is 5.30. The van der Waals surface area contributed by atoms with Crippen molar-refractivity contribution in [1.29, 1.82) is 0 Å². The molecular formula is C16H23F3N2. The third kappa shape index (κ3) is 5.32. The van der Waals surface area contributed by atoms with Gasteiger partial charge in [-0.2, -0.15) is 13.2 Å². The number of rotatable bonds is 5. The van der Waals surface area contributed by atoms with E-state index >= 15 is 0 Å². The molecule has 0 spiro atoms. The lowest BCUT2D eigenvalue weighted by Crippen LogP contribution is -2.33. The van der Waals surface area contributed by atoms with Crippen molar-refractivity contribution in [3.63, 3.8) is 0 Å². The van der Waals surface area contributed by atoms with Gasteiger partial charge in [-0.15, -0.1) is 0 Å². The summed E-state index contributed by atoms with van der Waals surface area (Å²) in [6.45, 7) is 6.02. The lowest BCUT2D eigenvalue weighted by molar-refractivity contribution is -0.143. The predicted octanol–water partition coefficient (Wildman–Crippen LogP) is 3.28. The second-order valence-corrected chi connectivity index (χ2v) is 6.07. The Labute approximate surface area is 124 Å². The summed E-state index contributed by atoms with van der Waals surface area (Å²) in [7, 11) is 0. The van der Waals surface area contributed by atoms with Crippen molar-refractivity contribution in [2.24, 2.45) is 5.92 Å². The summed E-state index contributed by atoms with van der Waals surface area (Å²) in [5, 5.41) is 3.39. The molecule has 1 atom stereocenters. The molecule has 1 heterocycles. The Kier molecular flexibility index (Phi) is 5.27. The Morgan fingerprint density at radius 1 is 1.29 bits per heavy atom. The van der Waals surface area contributed by atoms with Gasteiger partial charge in [0.2, 0.25) is 0 Å². The minimum Gasteiger partial charge on any atom is -0.312 e. The second-order valence-electron chi connectivity index (χ2n) is 6.07. The number of nitrogens with one attached hydrogen (secondary N) is 1. The first kappa shape index (κ1) is 16.3. The molecule has 1 saturated heterocycles. The van der Waals surface area contributed by atoms with E-state index in [4.69, 9.17) is 0 Å². The van der Waals surface area contributed by atoms with Crippen molar-refractivity contribution < 1.29 is 13.2 Å². The van der Waals surface area contributed by atoms with Gasteiger partial charge in [-0.1, -0.05) is 23.8 Å². The fraction of sp³-hybridized carbons (Fsp3) is 0.625. The molecule has 1 aliphatic rings. The van der Waals surface area contributed by atoms with Crippen molar-refractivity contribution in [2.45, 2.75) is 33.0 Å². The monoisotopic (exact) mass is 300 g/mol. The third-order valence-corrected chi connectivity index (χ3v) is 4.03. The average molecular weight is 300 g/mol. The van der Waals surface area contributed by atoms with E-state index in [2.05, 4.69) is 37.4 Å². The van der Waals surface area contributed by atoms with Gasteiger partial charge in [0.25, 0.3) is 0 Å². The molecule has 118 valence electrons. The van der Waals surface area contributed by atoms with Crippen LogP contribution in [0.15, 0.2) is 18.2 Å². The van der Waals surface area contributed by atoms with Gasteiger partial charge in [-0.25, -0.2) is 0 Å². The van der Waals surface area contributed by atoms with E-state index in [1.54, 1.807) is 0 Å². The summed E-state index contributed by atoms with van der Waals surface area (Å²) < 4.78 is 37.0. The molecule has 0 radical (unpaired) electrons. The van der Waals surface area contributed by atoms with Crippen LogP contribution in [0.5, 0.6) is 0 Å². The highest BCUT2D eigenvalue weighted by atomic mass is 19.4. The van der Waals surface area contributed by atoms with Crippen LogP contribution in [0, 0.1) is 19.8 Å². The van der Waals surface area contributed by atoms with Crippen LogP contribution in [-0.2, 0) is 6.54 Å². The number of nitrogens with zero attached hydrogens (tertiary/aromatic N) is 1. The second kappa shape index (κ2) is 6.79. The van der Waals surface area contributed by atoms with Gasteiger partial charge >= 0.3 is 6.18 Å². The molecule has 1 aromatic rings. The van der Waals surface area contributed by atoms with Crippen molar-refractivity contribution >= 4 is 0 Å². The lowest BCUT2D eigenvalue weighted by atomic mass is 10.1. The van der Waals surface area contributed by atoms with E-state index in [0.29, 0.717) is 19.0 Å². The summed E-state index contributed by atoms with van der Waals surface area (Å²) in [6, 6.07) is 6.35. The van der Waals surface area contributed by atoms with E-state index in [-0.39, 0.29) is 0 Å². The van der Waals surface area contributed by atoms with Crippen LogP contribution in [0.25, 0.3) is 0 Å². The van der Waals surface area contributed by atoms with Gasteiger partial charge in [0.05, 0.1) is 6.54 Å². The molecule has 21 heavy (non-hydrogen) atoms. The molecular weight excluding hydrogens is 277 g/mol. The number of likely N-dealkylation sites (tertiary alicyclic amines) is 1. The van der Waals surface area contributed by atoms with Crippen LogP contribution >= 0.6 is 0 Å². The third-order valence-electron chi connectivity index (χ3n) is 4.03. The normalized spacial score (nSPS) is 20.1. The maximum Gasteiger partial charge on any atom is 0.401 e. The number of hydrogen-bond donors (Lipinski definition) is 1. The van der Waals surface area contributed by atoms with E-state index in [9.17, 15) is 13.2 Å². The Morgan fingerprint density at radius 2 is 2.05 bits per heavy atom. The summed E-state index contributed by atoms with van der Waals surface area (Å²) in [5.74, 6) is 0.317. The summed E-state index contributed by atoms with van der Waals surface area (Å²) in [6.07, 6.45) is -3.24. The zero-order chi connectivity index (χ0) is 15.5. The number of aryl methyl sites for hydroxylation is 2. The lowest BCUT2D eigenvalue weighted by Gasteiger charge is -2.18. The maximum absolute atomic E-state index is 12.3. The van der Waals surface area contributed by atoms with Gasteiger partial charge in [0, 0.05) is 13.1 Å². The Balaban J connectivity index is 1.74. The Hall–Kier alpha value is -1.07. The van der Waals surface area contributed by atoms with Gasteiger partial charge in [0.15, 0.2) is 0 Å². The summed E-state index contributed by atoms with van der Waals surface area (Å²) >= 11 is 0. The molecule has 0 aliphatic carbocycles. The number of alkyl halides is 3. The first-order valence-corrected chi connectivity index (χ1v) is 7.39. The molecule has 1 fully saturated rings. The van der Waals surface area contributed by atoms with Crippen molar-refractivity contribution in [3.05, 3.63) is 34.9 Å². The topological polar surface area (TPSA) is 15.3 Å².